The van der Waals surface area contributed by atoms with Gasteiger partial charge in [-0.3, -0.25) is 14.5 Å². The largest absolute Gasteiger partial charge is 0.504 e. The van der Waals surface area contributed by atoms with E-state index >= 15 is 0 Å². The van der Waals surface area contributed by atoms with Crippen LogP contribution in [-0.2, 0) is 16.0 Å². The predicted octanol–water partition coefficient (Wildman–Crippen LogP) is 3.50. The van der Waals surface area contributed by atoms with Crippen LogP contribution in [0, 0.1) is 13.8 Å². The lowest BCUT2D eigenvalue weighted by Gasteiger charge is -2.22. The standard InChI is InChI=1S/C24H30BrN3O4/c1-16-6-4-7-17(2)24(16)26-22(30)15-27-8-5-9-28(11-10-27)23(31)13-18-12-21(32-3)20(29)14-19(18)25/h4,6-7,12,14,29H,5,8-11,13,15H2,1-3H3,(H,26,30). The lowest BCUT2D eigenvalue weighted by Crippen LogP contribution is -2.38. The lowest BCUT2D eigenvalue weighted by atomic mass is 10.1. The molecule has 8 heteroatoms. The summed E-state index contributed by atoms with van der Waals surface area (Å²) in [6, 6.07) is 9.17. The molecule has 3 rings (SSSR count). The molecule has 0 saturated carbocycles. The highest BCUT2D eigenvalue weighted by molar-refractivity contribution is 9.10. The Morgan fingerprint density at radius 3 is 2.53 bits per heavy atom. The van der Waals surface area contributed by atoms with Gasteiger partial charge in [-0.2, -0.15) is 0 Å². The molecule has 0 unspecified atom stereocenters. The fourth-order valence-corrected chi connectivity index (χ4v) is 4.40. The van der Waals surface area contributed by atoms with Gasteiger partial charge in [-0.15, -0.1) is 0 Å². The lowest BCUT2D eigenvalue weighted by molar-refractivity contribution is -0.130. The quantitative estimate of drug-likeness (QED) is 0.630. The Kier molecular flexibility index (Phi) is 8.15. The van der Waals surface area contributed by atoms with Crippen molar-refractivity contribution in [2.24, 2.45) is 0 Å². The molecule has 0 radical (unpaired) electrons. The van der Waals surface area contributed by atoms with Crippen molar-refractivity contribution in [1.29, 1.82) is 0 Å². The van der Waals surface area contributed by atoms with Crippen molar-refractivity contribution in [3.63, 3.8) is 0 Å². The van der Waals surface area contributed by atoms with Crippen LogP contribution in [0.5, 0.6) is 11.5 Å². The Balaban J connectivity index is 1.55. The maximum absolute atomic E-state index is 12.9. The summed E-state index contributed by atoms with van der Waals surface area (Å²) < 4.78 is 5.83. The van der Waals surface area contributed by atoms with E-state index in [2.05, 4.69) is 26.1 Å². The van der Waals surface area contributed by atoms with Crippen LogP contribution < -0.4 is 10.1 Å². The van der Waals surface area contributed by atoms with Crippen molar-refractivity contribution < 1.29 is 19.4 Å². The molecule has 2 amide bonds. The van der Waals surface area contributed by atoms with Crippen molar-refractivity contribution >= 4 is 33.4 Å². The van der Waals surface area contributed by atoms with Crippen LogP contribution in [0.3, 0.4) is 0 Å². The summed E-state index contributed by atoms with van der Waals surface area (Å²) in [7, 11) is 1.48. The van der Waals surface area contributed by atoms with E-state index in [0.29, 0.717) is 36.4 Å². The van der Waals surface area contributed by atoms with E-state index in [1.54, 1.807) is 12.1 Å². The molecule has 0 atom stereocenters. The number of hydrogen-bond acceptors (Lipinski definition) is 5. The van der Waals surface area contributed by atoms with Crippen LogP contribution in [0.2, 0.25) is 0 Å². The molecule has 0 spiro atoms. The number of hydrogen-bond donors (Lipinski definition) is 2. The van der Waals surface area contributed by atoms with Crippen LogP contribution in [-0.4, -0.2) is 66.6 Å². The predicted molar refractivity (Wildman–Crippen MR) is 128 cm³/mol. The molecule has 2 aromatic carbocycles. The number of methoxy groups -OCH3 is 1. The van der Waals surface area contributed by atoms with E-state index in [9.17, 15) is 14.7 Å². The van der Waals surface area contributed by atoms with Gasteiger partial charge in [0.1, 0.15) is 0 Å². The minimum absolute atomic E-state index is 0.0141. The molecule has 0 aliphatic carbocycles. The van der Waals surface area contributed by atoms with Crippen LogP contribution in [0.1, 0.15) is 23.1 Å². The number of aryl methyl sites for hydroxylation is 2. The number of nitrogens with zero attached hydrogens (tertiary/aromatic N) is 2. The second kappa shape index (κ2) is 10.8. The zero-order valence-corrected chi connectivity index (χ0v) is 20.4. The highest BCUT2D eigenvalue weighted by Gasteiger charge is 2.22. The SMILES string of the molecule is COc1cc(CC(=O)N2CCCN(CC(=O)Nc3c(C)cccc3C)CC2)c(Br)cc1O. The van der Waals surface area contributed by atoms with Gasteiger partial charge in [-0.25, -0.2) is 0 Å². The van der Waals surface area contributed by atoms with Crippen LogP contribution in [0.25, 0.3) is 0 Å². The molecule has 1 fully saturated rings. The number of amides is 2. The molecule has 1 aliphatic rings. The zero-order chi connectivity index (χ0) is 23.3. The summed E-state index contributed by atoms with van der Waals surface area (Å²) in [6.07, 6.45) is 1.02. The molecular weight excluding hydrogens is 474 g/mol. The summed E-state index contributed by atoms with van der Waals surface area (Å²) in [4.78, 5) is 29.4. The summed E-state index contributed by atoms with van der Waals surface area (Å²) in [5.41, 5.74) is 3.73. The summed E-state index contributed by atoms with van der Waals surface area (Å²) in [6.45, 7) is 6.91. The van der Waals surface area contributed by atoms with Crippen molar-refractivity contribution in [1.82, 2.24) is 9.80 Å². The molecule has 7 nitrogen and oxygen atoms in total. The van der Waals surface area contributed by atoms with Crippen LogP contribution in [0.15, 0.2) is 34.8 Å². The third-order valence-corrected chi connectivity index (χ3v) is 6.48. The molecule has 172 valence electrons. The molecule has 1 heterocycles. The number of carbonyl (C=O) groups excluding carboxylic acids is 2. The first-order chi connectivity index (χ1) is 15.3. The minimum Gasteiger partial charge on any atom is -0.504 e. The van der Waals surface area contributed by atoms with Crippen molar-refractivity contribution in [2.75, 3.05) is 45.2 Å². The molecule has 2 N–H and O–H groups in total. The molecular formula is C24H30BrN3O4. The molecule has 2 aromatic rings. The average molecular weight is 504 g/mol. The van der Waals surface area contributed by atoms with E-state index in [0.717, 1.165) is 35.3 Å². The second-order valence-corrected chi connectivity index (χ2v) is 8.97. The van der Waals surface area contributed by atoms with Gasteiger partial charge in [0.25, 0.3) is 0 Å². The highest BCUT2D eigenvalue weighted by Crippen LogP contribution is 2.32. The normalized spacial score (nSPS) is 14.7. The van der Waals surface area contributed by atoms with E-state index in [-0.39, 0.29) is 24.0 Å². The molecule has 32 heavy (non-hydrogen) atoms. The topological polar surface area (TPSA) is 82.1 Å². The van der Waals surface area contributed by atoms with Crippen molar-refractivity contribution in [3.05, 3.63) is 51.5 Å². The Morgan fingerprint density at radius 2 is 1.84 bits per heavy atom. The van der Waals surface area contributed by atoms with Crippen LogP contribution in [0.4, 0.5) is 5.69 Å². The van der Waals surface area contributed by atoms with Crippen molar-refractivity contribution in [3.8, 4) is 11.5 Å². The first-order valence-electron chi connectivity index (χ1n) is 10.7. The van der Waals surface area contributed by atoms with Gasteiger partial charge in [-0.1, -0.05) is 34.1 Å². The molecule has 0 aromatic heterocycles. The summed E-state index contributed by atoms with van der Waals surface area (Å²) in [5, 5.41) is 12.9. The Bertz CT molecular complexity index is 975. The Morgan fingerprint density at radius 1 is 1.12 bits per heavy atom. The number of halogens is 1. The van der Waals surface area contributed by atoms with Gasteiger partial charge >= 0.3 is 0 Å². The molecule has 1 aliphatic heterocycles. The van der Waals surface area contributed by atoms with Gasteiger partial charge in [-0.05, 0) is 49.1 Å². The fraction of sp³-hybridized carbons (Fsp3) is 0.417. The number of carbonyl (C=O) groups is 2. The average Bonchev–Trinajstić information content (AvgIpc) is 2.98. The van der Waals surface area contributed by atoms with Gasteiger partial charge in [0, 0.05) is 36.3 Å². The number of para-hydroxylation sites is 1. The number of phenolic OH excluding ortho intramolecular Hbond substituents is 1. The zero-order valence-electron chi connectivity index (χ0n) is 18.8. The van der Waals surface area contributed by atoms with Gasteiger partial charge in [0.15, 0.2) is 11.5 Å². The Labute approximate surface area is 197 Å². The third-order valence-electron chi connectivity index (χ3n) is 5.74. The van der Waals surface area contributed by atoms with Crippen molar-refractivity contribution in [2.45, 2.75) is 26.7 Å². The highest BCUT2D eigenvalue weighted by atomic mass is 79.9. The number of phenols is 1. The number of aromatic hydroxyl groups is 1. The number of benzene rings is 2. The van der Waals surface area contributed by atoms with E-state index in [4.69, 9.17) is 4.74 Å². The summed E-state index contributed by atoms with van der Waals surface area (Å²) in [5.74, 6) is 0.343. The minimum atomic E-state index is -0.0395. The maximum atomic E-state index is 12.9. The van der Waals surface area contributed by atoms with E-state index in [1.807, 2.05) is 36.9 Å². The number of ether oxygens (including phenoxy) is 1. The number of rotatable bonds is 6. The van der Waals surface area contributed by atoms with E-state index < -0.39 is 0 Å². The monoisotopic (exact) mass is 503 g/mol. The maximum Gasteiger partial charge on any atom is 0.238 e. The fourth-order valence-electron chi connectivity index (χ4n) is 3.93. The third kappa shape index (κ3) is 6.01. The summed E-state index contributed by atoms with van der Waals surface area (Å²) >= 11 is 3.41. The second-order valence-electron chi connectivity index (χ2n) is 8.12. The first kappa shape index (κ1) is 24.1. The Hall–Kier alpha value is -2.58. The molecule has 0 bridgehead atoms. The first-order valence-corrected chi connectivity index (χ1v) is 11.5. The number of nitrogens with one attached hydrogen (secondary N) is 1. The van der Waals surface area contributed by atoms with Crippen LogP contribution >= 0.6 is 15.9 Å². The van der Waals surface area contributed by atoms with E-state index in [1.165, 1.54) is 7.11 Å². The van der Waals surface area contributed by atoms with Gasteiger partial charge < -0.3 is 20.1 Å². The number of anilines is 1. The van der Waals surface area contributed by atoms with Gasteiger partial charge in [0.05, 0.1) is 20.1 Å². The smallest absolute Gasteiger partial charge is 0.238 e. The van der Waals surface area contributed by atoms with Gasteiger partial charge in [0.2, 0.25) is 11.8 Å². The molecule has 1 saturated heterocycles.